The third-order valence-electron chi connectivity index (χ3n) is 5.74. The van der Waals surface area contributed by atoms with Crippen LogP contribution in [0.3, 0.4) is 0 Å². The van der Waals surface area contributed by atoms with Gasteiger partial charge in [0.05, 0.1) is 18.8 Å². The van der Waals surface area contributed by atoms with E-state index in [1.807, 2.05) is 32.3 Å². The number of morpholine rings is 1. The van der Waals surface area contributed by atoms with E-state index < -0.39 is 0 Å². The average molecular weight is 435 g/mol. The molecule has 0 radical (unpaired) electrons. The number of fused-ring (bicyclic) bond motifs is 1. The highest BCUT2D eigenvalue weighted by Crippen LogP contribution is 2.26. The van der Waals surface area contributed by atoms with Crippen LogP contribution in [0.2, 0.25) is 0 Å². The van der Waals surface area contributed by atoms with Crippen molar-refractivity contribution in [3.8, 4) is 5.75 Å². The molecule has 1 aromatic heterocycles. The summed E-state index contributed by atoms with van der Waals surface area (Å²) < 4.78 is 17.8. The summed E-state index contributed by atoms with van der Waals surface area (Å²) in [6.45, 7) is 8.01. The molecule has 1 aliphatic rings. The fraction of sp³-hybridized carbons (Fsp3) is 0.407. The van der Waals surface area contributed by atoms with Gasteiger partial charge in [-0.25, -0.2) is 0 Å². The van der Waals surface area contributed by atoms with Crippen LogP contribution in [0.15, 0.2) is 52.9 Å². The minimum Gasteiger partial charge on any atom is -0.493 e. The predicted octanol–water partition coefficient (Wildman–Crippen LogP) is 5.55. The SMILES string of the molecule is C[C@@H]1CN(CCCOc2ccc3cc(C=Cc4ccc(N(C)C)cc4)oc3c2)C[C@H](C)O1. The maximum absolute atomic E-state index is 6.02. The zero-order chi connectivity index (χ0) is 22.5. The first kappa shape index (κ1) is 22.4. The number of benzene rings is 2. The van der Waals surface area contributed by atoms with E-state index in [9.17, 15) is 0 Å². The Labute approximate surface area is 191 Å². The van der Waals surface area contributed by atoms with Gasteiger partial charge < -0.3 is 18.8 Å². The number of anilines is 1. The molecule has 0 aliphatic carbocycles. The summed E-state index contributed by atoms with van der Waals surface area (Å²) >= 11 is 0. The molecule has 2 atom stereocenters. The highest BCUT2D eigenvalue weighted by molar-refractivity contribution is 5.83. The molecule has 0 N–H and O–H groups in total. The van der Waals surface area contributed by atoms with Crippen LogP contribution in [-0.4, -0.2) is 57.4 Å². The molecule has 2 aromatic carbocycles. The van der Waals surface area contributed by atoms with Gasteiger partial charge in [0, 0.05) is 50.9 Å². The van der Waals surface area contributed by atoms with Gasteiger partial charge in [0.15, 0.2) is 0 Å². The van der Waals surface area contributed by atoms with Crippen molar-refractivity contribution in [2.75, 3.05) is 45.2 Å². The topological polar surface area (TPSA) is 38.1 Å². The summed E-state index contributed by atoms with van der Waals surface area (Å²) in [5.74, 6) is 1.69. The van der Waals surface area contributed by atoms with Gasteiger partial charge in [-0.15, -0.1) is 0 Å². The van der Waals surface area contributed by atoms with E-state index in [1.165, 1.54) is 5.69 Å². The molecule has 0 bridgehead atoms. The molecular weight excluding hydrogens is 400 g/mol. The van der Waals surface area contributed by atoms with Gasteiger partial charge in [-0.1, -0.05) is 18.2 Å². The van der Waals surface area contributed by atoms with Crippen LogP contribution in [-0.2, 0) is 4.74 Å². The summed E-state index contributed by atoms with van der Waals surface area (Å²) in [6, 6.07) is 16.6. The second-order valence-electron chi connectivity index (χ2n) is 8.89. The highest BCUT2D eigenvalue weighted by Gasteiger charge is 2.21. The summed E-state index contributed by atoms with van der Waals surface area (Å²) in [5.41, 5.74) is 3.18. The Bertz CT molecular complexity index is 1030. The molecule has 32 heavy (non-hydrogen) atoms. The Morgan fingerprint density at radius 1 is 1.00 bits per heavy atom. The Balaban J connectivity index is 1.30. The van der Waals surface area contributed by atoms with Crippen molar-refractivity contribution in [3.05, 3.63) is 59.9 Å². The quantitative estimate of drug-likeness (QED) is 0.435. The summed E-state index contributed by atoms with van der Waals surface area (Å²) in [4.78, 5) is 4.56. The first-order valence-corrected chi connectivity index (χ1v) is 11.5. The van der Waals surface area contributed by atoms with Gasteiger partial charge in [0.25, 0.3) is 0 Å². The minimum atomic E-state index is 0.307. The summed E-state index contributed by atoms with van der Waals surface area (Å²) in [7, 11) is 4.09. The largest absolute Gasteiger partial charge is 0.493 e. The molecule has 170 valence electrons. The first-order valence-electron chi connectivity index (χ1n) is 11.5. The van der Waals surface area contributed by atoms with Gasteiger partial charge in [-0.05, 0) is 62.2 Å². The van der Waals surface area contributed by atoms with E-state index in [0.29, 0.717) is 18.8 Å². The third kappa shape index (κ3) is 5.93. The normalized spacial score (nSPS) is 19.6. The number of nitrogens with zero attached hydrogens (tertiary/aromatic N) is 2. The standard InChI is InChI=1S/C27H34N2O3/c1-20-18-29(19-21(2)31-20)14-5-15-30-25-13-9-23-16-26(32-27(23)17-25)12-8-22-6-10-24(11-7-22)28(3)4/h6-13,16-17,20-21H,5,14-15,18-19H2,1-4H3/t20-,21+. The maximum atomic E-state index is 6.02. The zero-order valence-electron chi connectivity index (χ0n) is 19.6. The van der Waals surface area contributed by atoms with Crippen LogP contribution in [0.4, 0.5) is 5.69 Å². The van der Waals surface area contributed by atoms with Crippen LogP contribution < -0.4 is 9.64 Å². The van der Waals surface area contributed by atoms with Crippen LogP contribution in [0.5, 0.6) is 5.75 Å². The van der Waals surface area contributed by atoms with Gasteiger partial charge in [-0.3, -0.25) is 4.90 Å². The Hall–Kier alpha value is -2.76. The lowest BCUT2D eigenvalue weighted by Crippen LogP contribution is -2.45. The van der Waals surface area contributed by atoms with E-state index in [-0.39, 0.29) is 0 Å². The fourth-order valence-corrected chi connectivity index (χ4v) is 4.21. The lowest BCUT2D eigenvalue weighted by atomic mass is 10.1. The van der Waals surface area contributed by atoms with Crippen LogP contribution in [0, 0.1) is 0 Å². The lowest BCUT2D eigenvalue weighted by molar-refractivity contribution is -0.0686. The Morgan fingerprint density at radius 3 is 2.47 bits per heavy atom. The molecule has 5 nitrogen and oxygen atoms in total. The molecule has 0 amide bonds. The van der Waals surface area contributed by atoms with Crippen LogP contribution in [0.25, 0.3) is 23.1 Å². The molecule has 4 rings (SSSR count). The third-order valence-corrected chi connectivity index (χ3v) is 5.74. The molecular formula is C27H34N2O3. The smallest absolute Gasteiger partial charge is 0.138 e. The van der Waals surface area contributed by atoms with Gasteiger partial charge in [-0.2, -0.15) is 0 Å². The molecule has 0 saturated carbocycles. The van der Waals surface area contributed by atoms with Gasteiger partial charge in [0.1, 0.15) is 17.1 Å². The zero-order valence-corrected chi connectivity index (χ0v) is 19.6. The van der Waals surface area contributed by atoms with E-state index in [1.54, 1.807) is 0 Å². The number of ether oxygens (including phenoxy) is 2. The monoisotopic (exact) mass is 434 g/mol. The molecule has 1 fully saturated rings. The van der Waals surface area contributed by atoms with Crippen molar-refractivity contribution in [2.24, 2.45) is 0 Å². The van der Waals surface area contributed by atoms with Crippen molar-refractivity contribution < 1.29 is 13.9 Å². The summed E-state index contributed by atoms with van der Waals surface area (Å²) in [5, 5.41) is 1.08. The predicted molar refractivity (Wildman–Crippen MR) is 132 cm³/mol. The molecule has 0 unspecified atom stereocenters. The second-order valence-corrected chi connectivity index (χ2v) is 8.89. The molecule has 1 saturated heterocycles. The number of hydrogen-bond donors (Lipinski definition) is 0. The van der Waals surface area contributed by atoms with E-state index >= 15 is 0 Å². The van der Waals surface area contributed by atoms with Gasteiger partial charge in [0.2, 0.25) is 0 Å². The summed E-state index contributed by atoms with van der Waals surface area (Å²) in [6.07, 6.45) is 5.69. The number of rotatable bonds is 8. The fourth-order valence-electron chi connectivity index (χ4n) is 4.21. The maximum Gasteiger partial charge on any atom is 0.138 e. The molecule has 2 heterocycles. The van der Waals surface area contributed by atoms with Crippen molar-refractivity contribution >= 4 is 28.8 Å². The Kier molecular flexibility index (Phi) is 7.18. The van der Waals surface area contributed by atoms with Crippen molar-refractivity contribution in [2.45, 2.75) is 32.5 Å². The van der Waals surface area contributed by atoms with E-state index in [2.05, 4.69) is 66.1 Å². The first-order chi connectivity index (χ1) is 15.5. The van der Waals surface area contributed by atoms with E-state index in [4.69, 9.17) is 13.9 Å². The highest BCUT2D eigenvalue weighted by atomic mass is 16.5. The lowest BCUT2D eigenvalue weighted by Gasteiger charge is -2.35. The second kappa shape index (κ2) is 10.2. The average Bonchev–Trinajstić information content (AvgIpc) is 3.17. The van der Waals surface area contributed by atoms with E-state index in [0.717, 1.165) is 54.1 Å². The molecule has 0 spiro atoms. The number of furan rings is 1. The molecule has 5 heteroatoms. The van der Waals surface area contributed by atoms with Crippen LogP contribution >= 0.6 is 0 Å². The van der Waals surface area contributed by atoms with Crippen molar-refractivity contribution in [3.63, 3.8) is 0 Å². The molecule has 3 aromatic rings. The molecule has 1 aliphatic heterocycles. The van der Waals surface area contributed by atoms with Crippen molar-refractivity contribution in [1.82, 2.24) is 4.90 Å². The minimum absolute atomic E-state index is 0.307. The van der Waals surface area contributed by atoms with Crippen molar-refractivity contribution in [1.29, 1.82) is 0 Å². The Morgan fingerprint density at radius 2 is 1.75 bits per heavy atom. The van der Waals surface area contributed by atoms with Crippen LogP contribution in [0.1, 0.15) is 31.6 Å². The number of hydrogen-bond acceptors (Lipinski definition) is 5. The van der Waals surface area contributed by atoms with Gasteiger partial charge >= 0.3 is 0 Å².